The summed E-state index contributed by atoms with van der Waals surface area (Å²) in [6.45, 7) is 0.638. The Morgan fingerprint density at radius 1 is 1.40 bits per heavy atom. The molecule has 1 atom stereocenters. The summed E-state index contributed by atoms with van der Waals surface area (Å²) in [6.07, 6.45) is 1.72. The predicted octanol–water partition coefficient (Wildman–Crippen LogP) is 2.21. The Bertz CT molecular complexity index is 307. The minimum atomic E-state index is -0.0587. The van der Waals surface area contributed by atoms with E-state index in [4.69, 9.17) is 23.1 Å². The molecule has 1 rings (SSSR count). The van der Waals surface area contributed by atoms with Crippen LogP contribution in [0.1, 0.15) is 24.4 Å². The van der Waals surface area contributed by atoms with E-state index >= 15 is 0 Å². The lowest BCUT2D eigenvalue weighted by Gasteiger charge is -2.11. The average molecular weight is 251 g/mol. The van der Waals surface area contributed by atoms with Gasteiger partial charge in [0.1, 0.15) is 5.75 Å². The van der Waals surface area contributed by atoms with Gasteiger partial charge in [0.2, 0.25) is 0 Å². The molecule has 0 aliphatic rings. The van der Waals surface area contributed by atoms with Gasteiger partial charge >= 0.3 is 0 Å². The van der Waals surface area contributed by atoms with Crippen molar-refractivity contribution in [3.05, 3.63) is 28.8 Å². The molecule has 15 heavy (non-hydrogen) atoms. The van der Waals surface area contributed by atoms with Crippen LogP contribution in [-0.2, 0) is 0 Å². The molecule has 0 saturated heterocycles. The summed E-state index contributed by atoms with van der Waals surface area (Å²) in [5.74, 6) is 0.0847. The lowest BCUT2D eigenvalue weighted by molar-refractivity contribution is 0.475. The van der Waals surface area contributed by atoms with E-state index in [-0.39, 0.29) is 24.2 Å². The fourth-order valence-corrected chi connectivity index (χ4v) is 1.45. The Kier molecular flexibility index (Phi) is 6.68. The van der Waals surface area contributed by atoms with Gasteiger partial charge in [0.25, 0.3) is 0 Å². The number of aromatic hydroxyl groups is 1. The third-order valence-electron chi connectivity index (χ3n) is 2.12. The van der Waals surface area contributed by atoms with Gasteiger partial charge in [0, 0.05) is 6.04 Å². The largest absolute Gasteiger partial charge is 0.506 e. The Hall–Kier alpha value is -0.480. The highest BCUT2D eigenvalue weighted by molar-refractivity contribution is 6.32. The molecule has 0 aliphatic carbocycles. The van der Waals surface area contributed by atoms with Crippen molar-refractivity contribution in [3.63, 3.8) is 0 Å². The molecule has 0 spiro atoms. The molecule has 5 heteroatoms. The lowest BCUT2D eigenvalue weighted by Crippen LogP contribution is -2.12. The van der Waals surface area contributed by atoms with Crippen molar-refractivity contribution in [1.29, 1.82) is 0 Å². The molecule has 0 radical (unpaired) electrons. The fourth-order valence-electron chi connectivity index (χ4n) is 1.26. The Balaban J connectivity index is 0.00000196. The molecule has 0 fully saturated rings. The molecule has 0 unspecified atom stereocenters. The average Bonchev–Trinajstić information content (AvgIpc) is 2.18. The maximum absolute atomic E-state index is 9.21. The van der Waals surface area contributed by atoms with Crippen LogP contribution in [0.5, 0.6) is 5.75 Å². The van der Waals surface area contributed by atoms with Crippen LogP contribution in [-0.4, -0.2) is 11.7 Å². The van der Waals surface area contributed by atoms with Gasteiger partial charge in [0.05, 0.1) is 5.02 Å². The smallest absolute Gasteiger partial charge is 0.134 e. The number of nitrogens with two attached hydrogens (primary N) is 2. The topological polar surface area (TPSA) is 72.3 Å². The number of hydrogen-bond donors (Lipinski definition) is 3. The quantitative estimate of drug-likeness (QED) is 0.768. The maximum atomic E-state index is 9.21. The molecule has 0 bridgehead atoms. The molecule has 5 N–H and O–H groups in total. The lowest BCUT2D eigenvalue weighted by atomic mass is 10.0. The molecule has 3 nitrogen and oxygen atoms in total. The highest BCUT2D eigenvalue weighted by atomic mass is 35.5. The van der Waals surface area contributed by atoms with Gasteiger partial charge in [-0.25, -0.2) is 0 Å². The molecule has 1 aromatic rings. The van der Waals surface area contributed by atoms with Crippen LogP contribution in [0.4, 0.5) is 0 Å². The van der Waals surface area contributed by atoms with Gasteiger partial charge in [-0.1, -0.05) is 17.7 Å². The molecule has 0 aliphatic heterocycles. The molecule has 0 amide bonds. The van der Waals surface area contributed by atoms with Crippen LogP contribution in [0.2, 0.25) is 5.02 Å². The zero-order valence-corrected chi connectivity index (χ0v) is 9.89. The summed E-state index contributed by atoms with van der Waals surface area (Å²) in [5.41, 5.74) is 12.2. The summed E-state index contributed by atoms with van der Waals surface area (Å²) >= 11 is 5.76. The Morgan fingerprint density at radius 3 is 2.60 bits per heavy atom. The van der Waals surface area contributed by atoms with Crippen molar-refractivity contribution >= 4 is 24.0 Å². The van der Waals surface area contributed by atoms with E-state index in [1.54, 1.807) is 18.2 Å². The van der Waals surface area contributed by atoms with Gasteiger partial charge in [0.15, 0.2) is 0 Å². The monoisotopic (exact) mass is 250 g/mol. The van der Waals surface area contributed by atoms with Crippen LogP contribution >= 0.6 is 24.0 Å². The molecule has 0 heterocycles. The highest BCUT2D eigenvalue weighted by Crippen LogP contribution is 2.27. The Morgan fingerprint density at radius 2 is 2.07 bits per heavy atom. The zero-order valence-electron chi connectivity index (χ0n) is 8.32. The van der Waals surface area contributed by atoms with E-state index in [1.807, 2.05) is 0 Å². The summed E-state index contributed by atoms with van der Waals surface area (Å²) in [5, 5.41) is 9.55. The van der Waals surface area contributed by atoms with E-state index < -0.39 is 0 Å². The second-order valence-corrected chi connectivity index (χ2v) is 3.66. The van der Waals surface area contributed by atoms with Crippen LogP contribution in [0, 0.1) is 0 Å². The molecule has 0 saturated carbocycles. The first-order valence-corrected chi connectivity index (χ1v) is 4.97. The van der Waals surface area contributed by atoms with Crippen molar-refractivity contribution in [2.45, 2.75) is 18.9 Å². The normalized spacial score (nSPS) is 11.9. The summed E-state index contributed by atoms with van der Waals surface area (Å²) in [7, 11) is 0. The minimum absolute atomic E-state index is 0. The van der Waals surface area contributed by atoms with E-state index in [0.29, 0.717) is 11.6 Å². The van der Waals surface area contributed by atoms with Gasteiger partial charge in [-0.2, -0.15) is 0 Å². The number of benzene rings is 1. The second kappa shape index (κ2) is 6.90. The van der Waals surface area contributed by atoms with E-state index in [0.717, 1.165) is 18.4 Å². The van der Waals surface area contributed by atoms with Crippen molar-refractivity contribution in [2.24, 2.45) is 11.5 Å². The number of rotatable bonds is 4. The zero-order chi connectivity index (χ0) is 10.6. The van der Waals surface area contributed by atoms with Crippen LogP contribution in [0.15, 0.2) is 18.2 Å². The third-order valence-corrected chi connectivity index (χ3v) is 2.42. The van der Waals surface area contributed by atoms with E-state index in [2.05, 4.69) is 0 Å². The number of phenolic OH excluding ortho intramolecular Hbond substituents is 1. The third kappa shape index (κ3) is 4.26. The molecule has 86 valence electrons. The van der Waals surface area contributed by atoms with Crippen LogP contribution in [0.3, 0.4) is 0 Å². The SMILES string of the molecule is Cl.NCCC[C@@H](N)c1ccc(O)c(Cl)c1. The molecule has 0 aromatic heterocycles. The van der Waals surface area contributed by atoms with E-state index in [9.17, 15) is 5.11 Å². The van der Waals surface area contributed by atoms with Crippen molar-refractivity contribution in [1.82, 2.24) is 0 Å². The summed E-state index contributed by atoms with van der Waals surface area (Å²) < 4.78 is 0. The molecular weight excluding hydrogens is 235 g/mol. The van der Waals surface area contributed by atoms with Gasteiger partial charge < -0.3 is 16.6 Å². The minimum Gasteiger partial charge on any atom is -0.506 e. The van der Waals surface area contributed by atoms with Gasteiger partial charge in [-0.05, 0) is 37.1 Å². The molecular formula is C10H16Cl2N2O. The second-order valence-electron chi connectivity index (χ2n) is 3.25. The maximum Gasteiger partial charge on any atom is 0.134 e. The Labute approximate surface area is 101 Å². The van der Waals surface area contributed by atoms with Gasteiger partial charge in [-0.3, -0.25) is 0 Å². The number of hydrogen-bond acceptors (Lipinski definition) is 3. The number of phenols is 1. The first-order valence-electron chi connectivity index (χ1n) is 4.59. The first kappa shape index (κ1) is 14.5. The van der Waals surface area contributed by atoms with Crippen molar-refractivity contribution < 1.29 is 5.11 Å². The van der Waals surface area contributed by atoms with Gasteiger partial charge in [-0.15, -0.1) is 12.4 Å². The molecule has 1 aromatic carbocycles. The van der Waals surface area contributed by atoms with Crippen LogP contribution in [0.25, 0.3) is 0 Å². The fraction of sp³-hybridized carbons (Fsp3) is 0.400. The first-order chi connectivity index (χ1) is 6.65. The van der Waals surface area contributed by atoms with E-state index in [1.165, 1.54) is 0 Å². The summed E-state index contributed by atoms with van der Waals surface area (Å²) in [4.78, 5) is 0. The van der Waals surface area contributed by atoms with Crippen molar-refractivity contribution in [2.75, 3.05) is 6.54 Å². The van der Waals surface area contributed by atoms with Crippen molar-refractivity contribution in [3.8, 4) is 5.75 Å². The summed E-state index contributed by atoms with van der Waals surface area (Å²) in [6, 6.07) is 4.97. The predicted molar refractivity (Wildman–Crippen MR) is 65.6 cm³/mol. The standard InChI is InChI=1S/C10H15ClN2O.ClH/c11-8-6-7(3-4-10(8)14)9(13)2-1-5-12;/h3-4,6,9,14H,1-2,5,12-13H2;1H/t9-;/m1./s1. The highest BCUT2D eigenvalue weighted by Gasteiger charge is 2.07. The number of halogens is 2. The van der Waals surface area contributed by atoms with Crippen LogP contribution < -0.4 is 11.5 Å².